The number of methoxy groups -OCH3 is 1. The number of benzene rings is 2. The molecule has 0 aliphatic carbocycles. The van der Waals surface area contributed by atoms with Crippen molar-refractivity contribution in [2.24, 2.45) is 0 Å². The smallest absolute Gasteiger partial charge is 0.316 e. The Morgan fingerprint density at radius 3 is 2.61 bits per heavy atom. The van der Waals surface area contributed by atoms with Gasteiger partial charge in [0.05, 0.1) is 19.1 Å². The molecule has 140 valence electrons. The average molecular weight is 392 g/mol. The molecule has 2 heterocycles. The number of carbonyl (C=O) groups excluding carboxylic acids is 2. The summed E-state index contributed by atoms with van der Waals surface area (Å²) in [4.78, 5) is 25.5. The van der Waals surface area contributed by atoms with Crippen LogP contribution in [0.5, 0.6) is 17.2 Å². The molecule has 0 spiro atoms. The molecule has 0 bridgehead atoms. The summed E-state index contributed by atoms with van der Waals surface area (Å²) in [6.45, 7) is 0. The van der Waals surface area contributed by atoms with Crippen molar-refractivity contribution in [1.82, 2.24) is 0 Å². The maximum absolute atomic E-state index is 12.5. The van der Waals surface area contributed by atoms with Crippen molar-refractivity contribution in [1.29, 1.82) is 0 Å². The minimum absolute atomic E-state index is 0.206. The zero-order valence-corrected chi connectivity index (χ0v) is 15.8. The number of carbonyl (C=O) groups is 2. The third-order valence-electron chi connectivity index (χ3n) is 4.19. The Kier molecular flexibility index (Phi) is 4.95. The predicted octanol–water partition coefficient (Wildman–Crippen LogP) is 4.52. The first-order chi connectivity index (χ1) is 13.6. The lowest BCUT2D eigenvalue weighted by Crippen LogP contribution is -2.10. The van der Waals surface area contributed by atoms with Gasteiger partial charge in [-0.2, -0.15) is 0 Å². The summed E-state index contributed by atoms with van der Waals surface area (Å²) in [5.74, 6) is 1.12. The number of hydrogen-bond acceptors (Lipinski definition) is 6. The third kappa shape index (κ3) is 3.82. The van der Waals surface area contributed by atoms with Gasteiger partial charge in [-0.25, -0.2) is 0 Å². The molecule has 2 aromatic carbocycles. The van der Waals surface area contributed by atoms with Crippen LogP contribution in [-0.4, -0.2) is 18.9 Å². The van der Waals surface area contributed by atoms with Crippen LogP contribution in [0.4, 0.5) is 0 Å². The molecule has 1 aliphatic heterocycles. The standard InChI is InChI=1S/C22H16O5S/c1-25-15-6-4-14(5-7-15)11-20-22(24)18-9-8-16(12-19(18)27-20)26-21(23)13-17-3-2-10-28-17/h2-12H,13H2,1H3/b20-11-. The molecule has 5 nitrogen and oxygen atoms in total. The van der Waals surface area contributed by atoms with Crippen molar-refractivity contribution in [3.63, 3.8) is 0 Å². The number of esters is 1. The van der Waals surface area contributed by atoms with E-state index in [1.807, 2.05) is 41.8 Å². The first kappa shape index (κ1) is 18.0. The number of rotatable bonds is 5. The minimum atomic E-state index is -0.360. The molecule has 0 atom stereocenters. The van der Waals surface area contributed by atoms with E-state index in [0.717, 1.165) is 16.2 Å². The van der Waals surface area contributed by atoms with Gasteiger partial charge in [-0.15, -0.1) is 11.3 Å². The summed E-state index contributed by atoms with van der Waals surface area (Å²) in [6.07, 6.45) is 1.88. The van der Waals surface area contributed by atoms with Crippen LogP contribution in [0, 0.1) is 0 Å². The van der Waals surface area contributed by atoms with Crippen LogP contribution in [0.2, 0.25) is 0 Å². The van der Waals surface area contributed by atoms with Crippen molar-refractivity contribution in [2.45, 2.75) is 6.42 Å². The van der Waals surface area contributed by atoms with Crippen LogP contribution in [0.25, 0.3) is 6.08 Å². The van der Waals surface area contributed by atoms with E-state index in [9.17, 15) is 9.59 Å². The van der Waals surface area contributed by atoms with E-state index in [4.69, 9.17) is 14.2 Å². The number of fused-ring (bicyclic) bond motifs is 1. The minimum Gasteiger partial charge on any atom is -0.497 e. The average Bonchev–Trinajstić information content (AvgIpc) is 3.30. The van der Waals surface area contributed by atoms with E-state index in [0.29, 0.717) is 17.1 Å². The van der Waals surface area contributed by atoms with Crippen molar-refractivity contribution < 1.29 is 23.8 Å². The monoisotopic (exact) mass is 392 g/mol. The molecule has 0 radical (unpaired) electrons. The zero-order valence-electron chi connectivity index (χ0n) is 15.0. The highest BCUT2D eigenvalue weighted by Crippen LogP contribution is 2.35. The van der Waals surface area contributed by atoms with E-state index < -0.39 is 0 Å². The second-order valence-electron chi connectivity index (χ2n) is 6.10. The Morgan fingerprint density at radius 2 is 1.89 bits per heavy atom. The van der Waals surface area contributed by atoms with Crippen molar-refractivity contribution in [3.8, 4) is 17.2 Å². The highest BCUT2D eigenvalue weighted by atomic mass is 32.1. The summed E-state index contributed by atoms with van der Waals surface area (Å²) in [5, 5.41) is 1.91. The third-order valence-corrected chi connectivity index (χ3v) is 5.06. The van der Waals surface area contributed by atoms with E-state index in [1.165, 1.54) is 11.3 Å². The van der Waals surface area contributed by atoms with Gasteiger partial charge < -0.3 is 14.2 Å². The van der Waals surface area contributed by atoms with Crippen molar-refractivity contribution >= 4 is 29.2 Å². The van der Waals surface area contributed by atoms with Crippen molar-refractivity contribution in [2.75, 3.05) is 7.11 Å². The lowest BCUT2D eigenvalue weighted by molar-refractivity contribution is -0.133. The number of allylic oxidation sites excluding steroid dienone is 1. The van der Waals surface area contributed by atoms with Crippen molar-refractivity contribution in [3.05, 3.63) is 81.7 Å². The van der Waals surface area contributed by atoms with Crippen LogP contribution < -0.4 is 14.2 Å². The van der Waals surface area contributed by atoms with Crippen LogP contribution in [0.1, 0.15) is 20.8 Å². The van der Waals surface area contributed by atoms with Crippen LogP contribution >= 0.6 is 11.3 Å². The normalized spacial score (nSPS) is 13.9. The van der Waals surface area contributed by atoms with Gasteiger partial charge in [-0.05, 0) is 47.4 Å². The lowest BCUT2D eigenvalue weighted by atomic mass is 10.1. The van der Waals surface area contributed by atoms with E-state index in [-0.39, 0.29) is 23.9 Å². The molecule has 0 fully saturated rings. The highest BCUT2D eigenvalue weighted by Gasteiger charge is 2.28. The molecule has 0 saturated carbocycles. The largest absolute Gasteiger partial charge is 0.497 e. The fourth-order valence-electron chi connectivity index (χ4n) is 2.81. The van der Waals surface area contributed by atoms with Gasteiger partial charge in [0.1, 0.15) is 17.2 Å². The van der Waals surface area contributed by atoms with Gasteiger partial charge in [0.15, 0.2) is 5.76 Å². The summed E-state index contributed by atoms with van der Waals surface area (Å²) in [7, 11) is 1.60. The number of ether oxygens (including phenoxy) is 3. The van der Waals surface area contributed by atoms with Gasteiger partial charge in [-0.1, -0.05) is 18.2 Å². The maximum atomic E-state index is 12.5. The SMILES string of the molecule is COc1ccc(/C=C2\Oc3cc(OC(=O)Cc4cccs4)ccc3C2=O)cc1. The Hall–Kier alpha value is -3.38. The topological polar surface area (TPSA) is 61.8 Å². The Morgan fingerprint density at radius 1 is 1.11 bits per heavy atom. The fourth-order valence-corrected chi connectivity index (χ4v) is 3.50. The molecule has 0 saturated heterocycles. The molecular formula is C22H16O5S. The number of Topliss-reactive ketones (excluding diaryl/α,β-unsaturated/α-hetero) is 1. The molecule has 3 aromatic rings. The van der Waals surface area contributed by atoms with Crippen LogP contribution in [-0.2, 0) is 11.2 Å². The molecule has 4 rings (SSSR count). The summed E-state index contributed by atoms with van der Waals surface area (Å²) in [6, 6.07) is 15.8. The first-order valence-corrected chi connectivity index (χ1v) is 9.46. The number of ketones is 1. The zero-order chi connectivity index (χ0) is 19.5. The van der Waals surface area contributed by atoms with Gasteiger partial charge >= 0.3 is 5.97 Å². The molecule has 0 amide bonds. The van der Waals surface area contributed by atoms with Gasteiger partial charge in [0.2, 0.25) is 5.78 Å². The van der Waals surface area contributed by atoms with Crippen LogP contribution in [0.3, 0.4) is 0 Å². The second-order valence-corrected chi connectivity index (χ2v) is 7.13. The summed E-state index contributed by atoms with van der Waals surface area (Å²) >= 11 is 1.50. The number of thiophene rings is 1. The molecule has 28 heavy (non-hydrogen) atoms. The Labute approximate surface area is 165 Å². The maximum Gasteiger partial charge on any atom is 0.316 e. The quantitative estimate of drug-likeness (QED) is 0.363. The first-order valence-electron chi connectivity index (χ1n) is 8.58. The number of hydrogen-bond donors (Lipinski definition) is 0. The highest BCUT2D eigenvalue weighted by molar-refractivity contribution is 7.10. The molecular weight excluding hydrogens is 376 g/mol. The summed E-state index contributed by atoms with van der Waals surface area (Å²) in [5.41, 5.74) is 1.26. The lowest BCUT2D eigenvalue weighted by Gasteiger charge is -2.05. The van der Waals surface area contributed by atoms with E-state index in [1.54, 1.807) is 31.4 Å². The van der Waals surface area contributed by atoms with Gasteiger partial charge in [0, 0.05) is 10.9 Å². The molecule has 1 aliphatic rings. The molecule has 1 aromatic heterocycles. The van der Waals surface area contributed by atoms with Gasteiger partial charge in [-0.3, -0.25) is 9.59 Å². The fraction of sp³-hybridized carbons (Fsp3) is 0.0909. The molecule has 0 N–H and O–H groups in total. The van der Waals surface area contributed by atoms with Gasteiger partial charge in [0.25, 0.3) is 0 Å². The van der Waals surface area contributed by atoms with E-state index in [2.05, 4.69) is 0 Å². The predicted molar refractivity (Wildman–Crippen MR) is 106 cm³/mol. The van der Waals surface area contributed by atoms with E-state index >= 15 is 0 Å². The Bertz CT molecular complexity index is 1050. The summed E-state index contributed by atoms with van der Waals surface area (Å²) < 4.78 is 16.2. The van der Waals surface area contributed by atoms with Crippen LogP contribution in [0.15, 0.2) is 65.7 Å². The Balaban J connectivity index is 1.49. The molecule has 6 heteroatoms. The second kappa shape index (κ2) is 7.70. The molecule has 0 unspecified atom stereocenters.